The number of carbonyl (C=O) groups excluding carboxylic acids is 2. The Morgan fingerprint density at radius 2 is 2.00 bits per heavy atom. The first-order valence-corrected chi connectivity index (χ1v) is 7.06. The Bertz CT molecular complexity index is 603. The molecule has 0 saturated carbocycles. The number of hydrogen-bond donors (Lipinski definition) is 1. The fourth-order valence-electron chi connectivity index (χ4n) is 2.96. The molecule has 0 aromatic heterocycles. The normalized spacial score (nSPS) is 23.0. The molecule has 1 aromatic rings. The number of nitrogens with zero attached hydrogens (tertiary/aromatic N) is 2. The van der Waals surface area contributed by atoms with Gasteiger partial charge < -0.3 is 19.6 Å². The van der Waals surface area contributed by atoms with Gasteiger partial charge in [0.15, 0.2) is 0 Å². The average Bonchev–Trinajstić information content (AvgIpc) is 3.06. The molecule has 2 amide bonds. The van der Waals surface area contributed by atoms with Crippen LogP contribution in [0.5, 0.6) is 0 Å². The third-order valence-corrected chi connectivity index (χ3v) is 4.01. The smallest absolute Gasteiger partial charge is 0.329 e. The molecule has 1 aromatic carbocycles. The summed E-state index contributed by atoms with van der Waals surface area (Å²) in [6.45, 7) is 0.227. The summed E-state index contributed by atoms with van der Waals surface area (Å²) in [5.41, 5.74) is 0.882. The van der Waals surface area contributed by atoms with Crippen molar-refractivity contribution in [2.75, 3.05) is 13.1 Å². The molecule has 0 radical (unpaired) electrons. The Kier molecular flexibility index (Phi) is 3.70. The van der Waals surface area contributed by atoms with E-state index in [1.165, 1.54) is 9.80 Å². The number of fused-ring (bicyclic) bond motifs is 2. The predicted octanol–water partition coefficient (Wildman–Crippen LogP) is 0.693. The zero-order valence-corrected chi connectivity index (χ0v) is 11.8. The lowest BCUT2D eigenvalue weighted by Gasteiger charge is -2.30. The Labute approximate surface area is 127 Å². The topological polar surface area (TPSA) is 87.2 Å². The zero-order valence-electron chi connectivity index (χ0n) is 11.8. The van der Waals surface area contributed by atoms with Gasteiger partial charge in [0, 0.05) is 13.0 Å². The maximum atomic E-state index is 12.1. The number of ether oxygens (including phenoxy) is 1. The largest absolute Gasteiger partial charge is 0.480 e. The van der Waals surface area contributed by atoms with Crippen molar-refractivity contribution in [1.82, 2.24) is 9.80 Å². The van der Waals surface area contributed by atoms with E-state index in [1.54, 1.807) is 0 Å². The molecule has 0 spiro atoms. The molecule has 7 heteroatoms. The lowest BCUT2D eigenvalue weighted by molar-refractivity contribution is -0.150. The molecule has 0 aliphatic carbocycles. The number of urea groups is 1. The molecule has 1 unspecified atom stereocenters. The van der Waals surface area contributed by atoms with Crippen molar-refractivity contribution < 1.29 is 24.2 Å². The van der Waals surface area contributed by atoms with E-state index in [0.29, 0.717) is 13.0 Å². The number of amides is 2. The molecule has 2 aliphatic heterocycles. The monoisotopic (exact) mass is 304 g/mol. The fourth-order valence-corrected chi connectivity index (χ4v) is 2.96. The van der Waals surface area contributed by atoms with E-state index in [1.807, 2.05) is 30.3 Å². The van der Waals surface area contributed by atoms with Gasteiger partial charge in [0.05, 0.1) is 6.04 Å². The molecule has 2 bridgehead atoms. The van der Waals surface area contributed by atoms with Gasteiger partial charge >= 0.3 is 18.0 Å². The van der Waals surface area contributed by atoms with Crippen LogP contribution in [0.3, 0.4) is 0 Å². The summed E-state index contributed by atoms with van der Waals surface area (Å²) in [4.78, 5) is 37.7. The minimum absolute atomic E-state index is 0.168. The maximum Gasteiger partial charge on any atom is 0.329 e. The van der Waals surface area contributed by atoms with Crippen LogP contribution in [0.2, 0.25) is 0 Å². The fraction of sp³-hybridized carbons (Fsp3) is 0.400. The number of esters is 1. The first-order valence-electron chi connectivity index (χ1n) is 7.06. The van der Waals surface area contributed by atoms with Crippen molar-refractivity contribution in [1.29, 1.82) is 0 Å². The average molecular weight is 304 g/mol. The van der Waals surface area contributed by atoms with E-state index in [2.05, 4.69) is 0 Å². The highest BCUT2D eigenvalue weighted by Crippen LogP contribution is 2.31. The molecule has 2 aliphatic rings. The highest BCUT2D eigenvalue weighted by molar-refractivity contribution is 5.89. The van der Waals surface area contributed by atoms with Gasteiger partial charge in [-0.15, -0.1) is 0 Å². The number of carboxylic acid groups (broad SMARTS) is 1. The van der Waals surface area contributed by atoms with Gasteiger partial charge in [-0.05, 0) is 5.56 Å². The van der Waals surface area contributed by atoms with Crippen molar-refractivity contribution in [2.24, 2.45) is 0 Å². The van der Waals surface area contributed by atoms with E-state index in [-0.39, 0.29) is 19.2 Å². The molecule has 3 rings (SSSR count). The van der Waals surface area contributed by atoms with Crippen LogP contribution in [-0.4, -0.2) is 58.0 Å². The van der Waals surface area contributed by atoms with Crippen LogP contribution in [0.1, 0.15) is 12.0 Å². The highest BCUT2D eigenvalue weighted by Gasteiger charge is 2.51. The molecule has 116 valence electrons. The Morgan fingerprint density at radius 1 is 1.27 bits per heavy atom. The Balaban J connectivity index is 1.58. The van der Waals surface area contributed by atoms with Crippen molar-refractivity contribution in [3.8, 4) is 0 Å². The lowest BCUT2D eigenvalue weighted by atomic mass is 10.1. The van der Waals surface area contributed by atoms with Gasteiger partial charge in [-0.25, -0.2) is 9.59 Å². The van der Waals surface area contributed by atoms with Crippen LogP contribution in [0.4, 0.5) is 4.79 Å². The van der Waals surface area contributed by atoms with Crippen LogP contribution in [0, 0.1) is 0 Å². The summed E-state index contributed by atoms with van der Waals surface area (Å²) in [5.74, 6) is -1.49. The molecule has 2 fully saturated rings. The highest BCUT2D eigenvalue weighted by atomic mass is 16.5. The van der Waals surface area contributed by atoms with Gasteiger partial charge in [0.1, 0.15) is 19.2 Å². The number of aliphatic carboxylic acids is 1. The number of rotatable bonds is 5. The van der Waals surface area contributed by atoms with E-state index in [0.717, 1.165) is 5.56 Å². The summed E-state index contributed by atoms with van der Waals surface area (Å²) in [6.07, 6.45) is 0.423. The third-order valence-electron chi connectivity index (χ3n) is 4.01. The van der Waals surface area contributed by atoms with Crippen molar-refractivity contribution >= 4 is 18.0 Å². The number of benzene rings is 1. The summed E-state index contributed by atoms with van der Waals surface area (Å²) < 4.78 is 5.26. The van der Waals surface area contributed by atoms with Crippen LogP contribution in [0.25, 0.3) is 0 Å². The van der Waals surface area contributed by atoms with Gasteiger partial charge in [-0.2, -0.15) is 0 Å². The van der Waals surface area contributed by atoms with Crippen molar-refractivity contribution in [3.05, 3.63) is 35.9 Å². The van der Waals surface area contributed by atoms with E-state index >= 15 is 0 Å². The Morgan fingerprint density at radius 3 is 2.64 bits per heavy atom. The standard InChI is InChI=1S/C15H16N2O5/c18-13(19)8-16-11-6-12(17(7-11)15(16)21)14(20)22-9-10-4-2-1-3-5-10/h1-5,11-12H,6-9H2,(H,18,19)/t11-,12?/m0/s1. The molecular formula is C15H16N2O5. The first-order chi connectivity index (χ1) is 10.6. The predicted molar refractivity (Wildman–Crippen MR) is 74.9 cm³/mol. The molecule has 2 saturated heterocycles. The first kappa shape index (κ1) is 14.4. The van der Waals surface area contributed by atoms with Gasteiger partial charge in [0.2, 0.25) is 0 Å². The van der Waals surface area contributed by atoms with E-state index < -0.39 is 24.0 Å². The summed E-state index contributed by atoms with van der Waals surface area (Å²) in [6, 6.07) is 8.07. The van der Waals surface area contributed by atoms with Gasteiger partial charge in [-0.1, -0.05) is 30.3 Å². The van der Waals surface area contributed by atoms with Crippen LogP contribution in [-0.2, 0) is 20.9 Å². The minimum Gasteiger partial charge on any atom is -0.480 e. The second-order valence-electron chi connectivity index (χ2n) is 5.46. The molecule has 2 atom stereocenters. The summed E-state index contributed by atoms with van der Waals surface area (Å²) in [5, 5.41) is 8.80. The molecule has 22 heavy (non-hydrogen) atoms. The second-order valence-corrected chi connectivity index (χ2v) is 5.46. The van der Waals surface area contributed by atoms with Gasteiger partial charge in [0.25, 0.3) is 0 Å². The second kappa shape index (κ2) is 5.67. The summed E-state index contributed by atoms with van der Waals surface area (Å²) >= 11 is 0. The number of carboxylic acids is 1. The van der Waals surface area contributed by atoms with Crippen LogP contribution in [0.15, 0.2) is 30.3 Å². The minimum atomic E-state index is -1.05. The molecule has 1 N–H and O–H groups in total. The number of hydrogen-bond acceptors (Lipinski definition) is 4. The number of carbonyl (C=O) groups is 3. The lowest BCUT2D eigenvalue weighted by Crippen LogP contribution is -2.50. The van der Waals surface area contributed by atoms with Crippen LogP contribution < -0.4 is 0 Å². The summed E-state index contributed by atoms with van der Waals surface area (Å²) in [7, 11) is 0. The van der Waals surface area contributed by atoms with Gasteiger partial charge in [-0.3, -0.25) is 4.79 Å². The van der Waals surface area contributed by atoms with Crippen molar-refractivity contribution in [3.63, 3.8) is 0 Å². The van der Waals surface area contributed by atoms with Crippen molar-refractivity contribution in [2.45, 2.75) is 25.1 Å². The molecular weight excluding hydrogens is 288 g/mol. The molecule has 2 heterocycles. The SMILES string of the molecule is O=C(O)CN1C(=O)N2C[C@@H]1CC2C(=O)OCc1ccccc1. The third kappa shape index (κ3) is 2.61. The zero-order chi connectivity index (χ0) is 15.7. The van der Waals surface area contributed by atoms with E-state index in [4.69, 9.17) is 9.84 Å². The van der Waals surface area contributed by atoms with E-state index in [9.17, 15) is 14.4 Å². The van der Waals surface area contributed by atoms with Crippen LogP contribution >= 0.6 is 0 Å². The quantitative estimate of drug-likeness (QED) is 0.809. The maximum absolute atomic E-state index is 12.1. The Hall–Kier alpha value is -2.57. The molecule has 7 nitrogen and oxygen atoms in total.